The van der Waals surface area contributed by atoms with Crippen molar-refractivity contribution in [2.24, 2.45) is 0 Å². The molecule has 0 saturated carbocycles. The minimum absolute atomic E-state index is 0.129. The number of methoxy groups -OCH3 is 1. The quantitative estimate of drug-likeness (QED) is 0.723. The molecule has 4 amide bonds. The van der Waals surface area contributed by atoms with Crippen LogP contribution in [0.3, 0.4) is 0 Å². The number of imide groups is 1. The molecule has 1 aromatic carbocycles. The minimum Gasteiger partial charge on any atom is -0.497 e. The molecule has 0 radical (unpaired) electrons. The molecule has 2 heterocycles. The molecule has 2 saturated heterocycles. The third kappa shape index (κ3) is 3.39. The number of carbonyl (C=O) groups excluding carboxylic acids is 3. The van der Waals surface area contributed by atoms with Crippen molar-refractivity contribution in [3.05, 3.63) is 24.3 Å². The average Bonchev–Trinajstić information content (AvgIpc) is 2.82. The fraction of sp³-hybridized carbons (Fsp3) is 0.550. The second-order valence-electron chi connectivity index (χ2n) is 8.08. The number of carbonyl (C=O) groups is 3. The minimum atomic E-state index is -2.59. The lowest BCUT2D eigenvalue weighted by molar-refractivity contribution is -0.131. The summed E-state index contributed by atoms with van der Waals surface area (Å²) in [6.45, 7) is 5.88. The summed E-state index contributed by atoms with van der Waals surface area (Å²) in [5, 5.41) is 0. The Morgan fingerprint density at radius 1 is 1.14 bits per heavy atom. The molecule has 28 heavy (non-hydrogen) atoms. The number of hydrogen-bond donors (Lipinski definition) is 0. The zero-order chi connectivity index (χ0) is 23.2. The first-order valence-corrected chi connectivity index (χ1v) is 9.13. The van der Waals surface area contributed by atoms with Crippen molar-refractivity contribution in [1.82, 2.24) is 9.80 Å². The van der Waals surface area contributed by atoms with Crippen LogP contribution in [0.4, 0.5) is 15.3 Å². The monoisotopic (exact) mass is 392 g/mol. The first kappa shape index (κ1) is 16.2. The van der Waals surface area contributed by atoms with Gasteiger partial charge in [0.05, 0.1) is 11.2 Å². The van der Waals surface area contributed by atoms with Crippen LogP contribution in [0, 0.1) is 0 Å². The zero-order valence-electron chi connectivity index (χ0n) is 19.5. The molecule has 2 fully saturated rings. The normalized spacial score (nSPS) is 21.4. The van der Waals surface area contributed by atoms with Gasteiger partial charge in [-0.3, -0.25) is 14.6 Å². The lowest BCUT2D eigenvalue weighted by Crippen LogP contribution is -2.58. The Balaban J connectivity index is 1.83. The smallest absolute Gasteiger partial charge is 0.410 e. The predicted molar refractivity (Wildman–Crippen MR) is 103 cm³/mol. The summed E-state index contributed by atoms with van der Waals surface area (Å²) in [5.74, 6) is -0.201. The fourth-order valence-electron chi connectivity index (χ4n) is 3.67. The van der Waals surface area contributed by atoms with Gasteiger partial charge in [0.25, 0.3) is 5.91 Å². The number of anilines is 1. The molecular formula is C20H27N3O5. The van der Waals surface area contributed by atoms with Gasteiger partial charge >= 0.3 is 12.1 Å². The lowest BCUT2D eigenvalue weighted by Gasteiger charge is -2.42. The molecule has 152 valence electrons. The Kier molecular flexibility index (Phi) is 4.05. The van der Waals surface area contributed by atoms with E-state index in [1.807, 2.05) is 0 Å². The van der Waals surface area contributed by atoms with Crippen LogP contribution in [-0.4, -0.2) is 66.1 Å². The molecule has 2 aliphatic heterocycles. The molecule has 2 aliphatic rings. The molecule has 0 aliphatic carbocycles. The van der Waals surface area contributed by atoms with E-state index in [0.717, 1.165) is 4.90 Å². The number of ether oxygens (including phenoxy) is 2. The van der Waals surface area contributed by atoms with Crippen LogP contribution in [0.5, 0.6) is 5.75 Å². The summed E-state index contributed by atoms with van der Waals surface area (Å²) >= 11 is 0. The highest BCUT2D eigenvalue weighted by Crippen LogP contribution is 2.40. The van der Waals surface area contributed by atoms with Crippen molar-refractivity contribution in [3.63, 3.8) is 0 Å². The molecule has 8 heteroatoms. The maximum Gasteiger partial charge on any atom is 0.410 e. The standard InChI is InChI=1S/C20H27N3O5/c1-19(2,3)28-18(26)22-12-10-20(11-13-22)16(24)21(4)17(25)23(20)14-6-8-15(27-5)9-7-14/h6-9H,10-13H2,1-5H3/i5D3. The van der Waals surface area contributed by atoms with Crippen LogP contribution in [0.15, 0.2) is 24.3 Å². The molecule has 3 rings (SSSR count). The van der Waals surface area contributed by atoms with E-state index in [-0.39, 0.29) is 37.6 Å². The number of likely N-dealkylation sites (tertiary alicyclic amines) is 1. The van der Waals surface area contributed by atoms with Gasteiger partial charge in [0.2, 0.25) is 0 Å². The third-order valence-electron chi connectivity index (χ3n) is 5.06. The van der Waals surface area contributed by atoms with Gasteiger partial charge in [0, 0.05) is 25.8 Å². The summed E-state index contributed by atoms with van der Waals surface area (Å²) in [7, 11) is -1.16. The second-order valence-corrected chi connectivity index (χ2v) is 8.08. The maximum absolute atomic E-state index is 13.1. The largest absolute Gasteiger partial charge is 0.497 e. The number of urea groups is 1. The average molecular weight is 392 g/mol. The van der Waals surface area contributed by atoms with Crippen molar-refractivity contribution in [2.75, 3.05) is 32.1 Å². The van der Waals surface area contributed by atoms with Gasteiger partial charge in [-0.1, -0.05) is 0 Å². The first-order chi connectivity index (χ1) is 14.2. The number of benzene rings is 1. The van der Waals surface area contributed by atoms with Gasteiger partial charge < -0.3 is 14.4 Å². The highest BCUT2D eigenvalue weighted by atomic mass is 16.6. The molecule has 1 spiro atoms. The number of likely N-dealkylation sites (N-methyl/N-ethyl adjacent to an activating group) is 1. The number of hydrogen-bond acceptors (Lipinski definition) is 5. The van der Waals surface area contributed by atoms with E-state index in [1.54, 1.807) is 32.9 Å². The molecule has 0 N–H and O–H groups in total. The van der Waals surface area contributed by atoms with Crippen molar-refractivity contribution in [1.29, 1.82) is 0 Å². The van der Waals surface area contributed by atoms with E-state index in [9.17, 15) is 14.4 Å². The number of amides is 4. The summed E-state index contributed by atoms with van der Waals surface area (Å²) < 4.78 is 31.9. The topological polar surface area (TPSA) is 79.4 Å². The van der Waals surface area contributed by atoms with Gasteiger partial charge in [0.15, 0.2) is 0 Å². The molecule has 0 unspecified atom stereocenters. The van der Waals surface area contributed by atoms with Crippen LogP contribution in [0.2, 0.25) is 0 Å². The van der Waals surface area contributed by atoms with Gasteiger partial charge in [-0.15, -0.1) is 0 Å². The van der Waals surface area contributed by atoms with Crippen LogP contribution in [0.25, 0.3) is 0 Å². The van der Waals surface area contributed by atoms with E-state index in [0.29, 0.717) is 5.69 Å². The summed E-state index contributed by atoms with van der Waals surface area (Å²) in [6, 6.07) is 5.52. The Labute approximate surface area is 169 Å². The van der Waals surface area contributed by atoms with Crippen molar-refractivity contribution >= 4 is 23.7 Å². The molecule has 8 nitrogen and oxygen atoms in total. The van der Waals surface area contributed by atoms with Crippen LogP contribution in [-0.2, 0) is 9.53 Å². The van der Waals surface area contributed by atoms with E-state index >= 15 is 0 Å². The van der Waals surface area contributed by atoms with Crippen molar-refractivity contribution in [2.45, 2.75) is 44.8 Å². The highest BCUT2D eigenvalue weighted by molar-refractivity contribution is 6.16. The lowest BCUT2D eigenvalue weighted by atomic mass is 9.85. The Morgan fingerprint density at radius 3 is 2.29 bits per heavy atom. The number of nitrogens with zero attached hydrogens (tertiary/aromatic N) is 3. The third-order valence-corrected chi connectivity index (χ3v) is 5.06. The molecule has 0 bridgehead atoms. The summed E-state index contributed by atoms with van der Waals surface area (Å²) in [4.78, 5) is 42.4. The van der Waals surface area contributed by atoms with E-state index in [2.05, 4.69) is 0 Å². The second kappa shape index (κ2) is 7.00. The van der Waals surface area contributed by atoms with E-state index < -0.39 is 30.3 Å². The van der Waals surface area contributed by atoms with Crippen LogP contribution in [0.1, 0.15) is 37.7 Å². The Bertz CT molecular complexity index is 872. The van der Waals surface area contributed by atoms with Crippen LogP contribution < -0.4 is 9.64 Å². The van der Waals surface area contributed by atoms with Crippen molar-refractivity contribution in [3.8, 4) is 5.75 Å². The zero-order valence-corrected chi connectivity index (χ0v) is 16.5. The Morgan fingerprint density at radius 2 is 1.75 bits per heavy atom. The number of piperidine rings is 1. The maximum atomic E-state index is 13.1. The van der Waals surface area contributed by atoms with Gasteiger partial charge in [-0.2, -0.15) is 0 Å². The van der Waals surface area contributed by atoms with Gasteiger partial charge in [-0.25, -0.2) is 9.59 Å². The van der Waals surface area contributed by atoms with Crippen LogP contribution >= 0.6 is 0 Å². The van der Waals surface area contributed by atoms with Gasteiger partial charge in [0.1, 0.15) is 16.9 Å². The first-order valence-electron chi connectivity index (χ1n) is 10.6. The fourth-order valence-corrected chi connectivity index (χ4v) is 3.67. The van der Waals surface area contributed by atoms with E-state index in [4.69, 9.17) is 13.6 Å². The SMILES string of the molecule is [2H]C([2H])([2H])Oc1ccc(N2C(=O)N(C)C(=O)C23CCN(C(=O)OC(C)(C)C)CC3)cc1. The number of rotatable bonds is 2. The molecule has 0 aromatic heterocycles. The highest BCUT2D eigenvalue weighted by Gasteiger charge is 2.58. The van der Waals surface area contributed by atoms with Gasteiger partial charge in [-0.05, 0) is 57.9 Å². The predicted octanol–water partition coefficient (Wildman–Crippen LogP) is 2.86. The van der Waals surface area contributed by atoms with E-state index in [1.165, 1.54) is 29.0 Å². The summed E-state index contributed by atoms with van der Waals surface area (Å²) in [5.41, 5.74) is -1.29. The molecule has 0 atom stereocenters. The molecule has 1 aromatic rings. The molecular weight excluding hydrogens is 362 g/mol. The Hall–Kier alpha value is -2.77. The van der Waals surface area contributed by atoms with Crippen molar-refractivity contribution < 1.29 is 28.0 Å². The summed E-state index contributed by atoms with van der Waals surface area (Å²) in [6.07, 6.45) is 0.0637.